The van der Waals surface area contributed by atoms with Gasteiger partial charge in [0.2, 0.25) is 5.70 Å². The van der Waals surface area contributed by atoms with Gasteiger partial charge in [-0.15, -0.1) is 0 Å². The Bertz CT molecular complexity index is 965. The van der Waals surface area contributed by atoms with Crippen LogP contribution in [-0.2, 0) is 0 Å². The Labute approximate surface area is 139 Å². The lowest BCUT2D eigenvalue weighted by Crippen LogP contribution is -2.37. The predicted octanol–water partition coefficient (Wildman–Crippen LogP) is 2.97. The molecule has 6 nitrogen and oxygen atoms in total. The van der Waals surface area contributed by atoms with Gasteiger partial charge in [0.1, 0.15) is 5.82 Å². The number of nitrogens with zero attached hydrogens (tertiary/aromatic N) is 4. The molecule has 2 aliphatic heterocycles. The van der Waals surface area contributed by atoms with Crippen molar-refractivity contribution in [3.8, 4) is 6.07 Å². The van der Waals surface area contributed by atoms with Crippen molar-refractivity contribution >= 4 is 10.9 Å². The average Bonchev–Trinajstić information content (AvgIpc) is 3.09. The van der Waals surface area contributed by atoms with E-state index in [-0.39, 0.29) is 0 Å². The number of aromatic amines is 1. The fraction of sp³-hybridized carbons (Fsp3) is 0.278. The summed E-state index contributed by atoms with van der Waals surface area (Å²) >= 11 is 0. The Hall–Kier alpha value is -3.25. The largest absolute Gasteiger partial charge is 0.394 e. The van der Waals surface area contributed by atoms with Crippen molar-refractivity contribution in [2.45, 2.75) is 25.2 Å². The third-order valence-corrected chi connectivity index (χ3v) is 4.84. The second-order valence-electron chi connectivity index (χ2n) is 6.11. The van der Waals surface area contributed by atoms with Gasteiger partial charge >= 0.3 is 0 Å². The smallest absolute Gasteiger partial charge is 0.216 e. The van der Waals surface area contributed by atoms with E-state index in [1.54, 1.807) is 6.20 Å². The Balaban J connectivity index is 1.93. The van der Waals surface area contributed by atoms with Crippen LogP contribution >= 0.6 is 0 Å². The molecule has 1 aromatic carbocycles. The zero-order valence-corrected chi connectivity index (χ0v) is 13.1. The van der Waals surface area contributed by atoms with Gasteiger partial charge in [-0.25, -0.2) is 4.85 Å². The van der Waals surface area contributed by atoms with Gasteiger partial charge in [0.25, 0.3) is 0 Å². The van der Waals surface area contributed by atoms with Crippen LogP contribution in [0.1, 0.15) is 30.7 Å². The first-order valence-corrected chi connectivity index (χ1v) is 7.95. The molecular formula is C18H16N6. The maximum absolute atomic E-state index is 9.82. The van der Waals surface area contributed by atoms with Gasteiger partial charge in [-0.05, 0) is 37.0 Å². The number of nitrogens with one attached hydrogen (secondary N) is 1. The standard InChI is InChI=1S/C18H16N6/c1-21-17-16(11-5-6-14-12(8-11)10-22-23-14)13(9-19)15-4-2-3-7-24(15)18(17)20/h5-6,8,10,16H,2-4,7,20H2,(H,22,23). The van der Waals surface area contributed by atoms with E-state index < -0.39 is 5.92 Å². The summed E-state index contributed by atoms with van der Waals surface area (Å²) in [4.78, 5) is 5.66. The van der Waals surface area contributed by atoms with Crippen LogP contribution in [0.2, 0.25) is 0 Å². The highest BCUT2D eigenvalue weighted by atomic mass is 15.2. The van der Waals surface area contributed by atoms with Crippen molar-refractivity contribution in [2.24, 2.45) is 5.73 Å². The maximum atomic E-state index is 9.82. The summed E-state index contributed by atoms with van der Waals surface area (Å²) in [6.07, 6.45) is 4.66. The highest BCUT2D eigenvalue weighted by Gasteiger charge is 2.36. The van der Waals surface area contributed by atoms with Gasteiger partial charge in [0.05, 0.1) is 35.8 Å². The molecular weight excluding hydrogens is 300 g/mol. The average molecular weight is 316 g/mol. The highest BCUT2D eigenvalue weighted by molar-refractivity contribution is 5.79. The molecule has 0 amide bonds. The molecule has 1 saturated heterocycles. The third-order valence-electron chi connectivity index (χ3n) is 4.84. The van der Waals surface area contributed by atoms with E-state index in [4.69, 9.17) is 12.3 Å². The Morgan fingerprint density at radius 3 is 3.08 bits per heavy atom. The van der Waals surface area contributed by atoms with Gasteiger partial charge in [-0.2, -0.15) is 10.4 Å². The first-order chi connectivity index (χ1) is 11.7. The van der Waals surface area contributed by atoms with E-state index >= 15 is 0 Å². The predicted molar refractivity (Wildman–Crippen MR) is 89.8 cm³/mol. The minimum atomic E-state index is -0.392. The minimum absolute atomic E-state index is 0.392. The van der Waals surface area contributed by atoms with Gasteiger partial charge in [-0.3, -0.25) is 5.10 Å². The van der Waals surface area contributed by atoms with Crippen LogP contribution < -0.4 is 5.73 Å². The van der Waals surface area contributed by atoms with E-state index in [1.165, 1.54) is 0 Å². The summed E-state index contributed by atoms with van der Waals surface area (Å²) < 4.78 is 0. The second-order valence-corrected chi connectivity index (χ2v) is 6.11. The lowest BCUT2D eigenvalue weighted by Gasteiger charge is -2.39. The molecule has 1 unspecified atom stereocenters. The molecule has 118 valence electrons. The number of H-pyrrole nitrogens is 1. The zero-order valence-electron chi connectivity index (χ0n) is 13.1. The summed E-state index contributed by atoms with van der Waals surface area (Å²) in [5.41, 5.74) is 10.2. The van der Waals surface area contributed by atoms with E-state index in [1.807, 2.05) is 23.1 Å². The van der Waals surface area contributed by atoms with Crippen LogP contribution in [0, 0.1) is 17.9 Å². The molecule has 1 aromatic heterocycles. The molecule has 1 fully saturated rings. The Morgan fingerprint density at radius 2 is 2.29 bits per heavy atom. The van der Waals surface area contributed by atoms with Crippen LogP contribution in [0.25, 0.3) is 15.7 Å². The van der Waals surface area contributed by atoms with Crippen LogP contribution in [0.5, 0.6) is 0 Å². The first kappa shape index (κ1) is 14.3. The topological polar surface area (TPSA) is 86.1 Å². The number of benzene rings is 1. The SMILES string of the molecule is [C-]#[N+]C1=C(N)N2CCCCC2=C(C#N)C1c1ccc2[nH]ncc2c1. The van der Waals surface area contributed by atoms with E-state index in [2.05, 4.69) is 21.1 Å². The molecule has 1 atom stereocenters. The summed E-state index contributed by atoms with van der Waals surface area (Å²) in [6.45, 7) is 8.40. The lowest BCUT2D eigenvalue weighted by molar-refractivity contribution is 0.332. The fourth-order valence-electron chi connectivity index (χ4n) is 3.68. The van der Waals surface area contributed by atoms with Gasteiger partial charge in [-0.1, -0.05) is 6.07 Å². The molecule has 0 spiro atoms. The van der Waals surface area contributed by atoms with Crippen LogP contribution in [-0.4, -0.2) is 21.6 Å². The highest BCUT2D eigenvalue weighted by Crippen LogP contribution is 2.44. The molecule has 2 aromatic rings. The fourth-order valence-corrected chi connectivity index (χ4v) is 3.68. The van der Waals surface area contributed by atoms with Crippen molar-refractivity contribution in [3.05, 3.63) is 64.2 Å². The molecule has 0 bridgehead atoms. The molecule has 2 aliphatic rings. The number of nitriles is 1. The quantitative estimate of drug-likeness (QED) is 0.792. The number of piperidine rings is 1. The second kappa shape index (κ2) is 5.43. The van der Waals surface area contributed by atoms with Crippen molar-refractivity contribution in [1.82, 2.24) is 15.1 Å². The minimum Gasteiger partial charge on any atom is -0.394 e. The van der Waals surface area contributed by atoms with Crippen LogP contribution in [0.4, 0.5) is 0 Å². The summed E-state index contributed by atoms with van der Waals surface area (Å²) in [6, 6.07) is 8.22. The van der Waals surface area contributed by atoms with Crippen LogP contribution in [0.3, 0.4) is 0 Å². The van der Waals surface area contributed by atoms with Crippen molar-refractivity contribution in [1.29, 1.82) is 5.26 Å². The van der Waals surface area contributed by atoms with Crippen molar-refractivity contribution < 1.29 is 0 Å². The van der Waals surface area contributed by atoms with Gasteiger partial charge in [0.15, 0.2) is 0 Å². The summed E-state index contributed by atoms with van der Waals surface area (Å²) in [5, 5.41) is 17.7. The van der Waals surface area contributed by atoms with Crippen molar-refractivity contribution in [3.63, 3.8) is 0 Å². The Morgan fingerprint density at radius 1 is 1.42 bits per heavy atom. The molecule has 24 heavy (non-hydrogen) atoms. The number of rotatable bonds is 1. The van der Waals surface area contributed by atoms with E-state index in [0.717, 1.165) is 48.0 Å². The molecule has 4 rings (SSSR count). The van der Waals surface area contributed by atoms with E-state index in [9.17, 15) is 5.26 Å². The van der Waals surface area contributed by atoms with Gasteiger partial charge < -0.3 is 10.6 Å². The molecule has 3 N–H and O–H groups in total. The van der Waals surface area contributed by atoms with E-state index in [0.29, 0.717) is 17.1 Å². The molecule has 0 radical (unpaired) electrons. The summed E-state index contributed by atoms with van der Waals surface area (Å²) in [7, 11) is 0. The monoisotopic (exact) mass is 316 g/mol. The molecule has 0 aliphatic carbocycles. The number of hydrogen-bond donors (Lipinski definition) is 2. The molecule has 3 heterocycles. The van der Waals surface area contributed by atoms with Crippen LogP contribution in [0.15, 0.2) is 47.2 Å². The maximum Gasteiger partial charge on any atom is 0.216 e. The third kappa shape index (κ3) is 1.97. The Kier molecular flexibility index (Phi) is 3.25. The lowest BCUT2D eigenvalue weighted by atomic mass is 9.82. The normalized spacial score (nSPS) is 20.8. The number of allylic oxidation sites excluding steroid dienone is 2. The summed E-state index contributed by atoms with van der Waals surface area (Å²) in [5.74, 6) is 0.104. The van der Waals surface area contributed by atoms with Crippen molar-refractivity contribution in [2.75, 3.05) is 6.54 Å². The molecule has 0 saturated carbocycles. The number of aromatic nitrogens is 2. The molecule has 6 heteroatoms. The number of fused-ring (bicyclic) bond motifs is 2. The van der Waals surface area contributed by atoms with Gasteiger partial charge in [0, 0.05) is 17.6 Å². The number of hydrogen-bond acceptors (Lipinski definition) is 4. The number of nitrogens with two attached hydrogens (primary N) is 1. The first-order valence-electron chi connectivity index (χ1n) is 7.95. The zero-order chi connectivity index (χ0) is 16.7.